The van der Waals surface area contributed by atoms with Gasteiger partial charge in [-0.3, -0.25) is 9.59 Å². The fourth-order valence-corrected chi connectivity index (χ4v) is 4.03. The van der Waals surface area contributed by atoms with Gasteiger partial charge in [-0.05, 0) is 36.8 Å². The molecule has 32 heavy (non-hydrogen) atoms. The maximum Gasteiger partial charge on any atom is 0.338 e. The minimum atomic E-state index is -0.431. The van der Waals surface area contributed by atoms with Crippen molar-refractivity contribution >= 4 is 23.5 Å². The van der Waals surface area contributed by atoms with Gasteiger partial charge in [0.15, 0.2) is 0 Å². The summed E-state index contributed by atoms with van der Waals surface area (Å²) in [6.45, 7) is 2.62. The van der Waals surface area contributed by atoms with Gasteiger partial charge in [0.05, 0.1) is 29.0 Å². The number of hydrogen-bond acceptors (Lipinski definition) is 4. The van der Waals surface area contributed by atoms with Crippen LogP contribution >= 0.6 is 0 Å². The zero-order valence-electron chi connectivity index (χ0n) is 19.0. The van der Waals surface area contributed by atoms with Crippen LogP contribution in [0.3, 0.4) is 0 Å². The van der Waals surface area contributed by atoms with Crippen LogP contribution in [0.4, 0.5) is 5.69 Å². The fraction of sp³-hybridized carbons (Fsp3) is 0.444. The maximum atomic E-state index is 12.7. The number of anilines is 1. The Morgan fingerprint density at radius 3 is 1.91 bits per heavy atom. The number of carbonyl (C=O) groups excluding carboxylic acids is 3. The summed E-state index contributed by atoms with van der Waals surface area (Å²) in [6.07, 6.45) is 12.2. The molecule has 5 heteroatoms. The highest BCUT2D eigenvalue weighted by Crippen LogP contribution is 2.28. The molecule has 2 aromatic rings. The lowest BCUT2D eigenvalue weighted by Crippen LogP contribution is -2.29. The molecule has 2 amide bonds. The molecule has 0 fully saturated rings. The Hall–Kier alpha value is -2.95. The second kappa shape index (κ2) is 12.2. The van der Waals surface area contributed by atoms with Gasteiger partial charge in [0.2, 0.25) is 0 Å². The zero-order valence-corrected chi connectivity index (χ0v) is 19.0. The van der Waals surface area contributed by atoms with Crippen LogP contribution in [-0.2, 0) is 4.74 Å². The Bertz CT molecular complexity index is 902. The van der Waals surface area contributed by atoms with E-state index < -0.39 is 5.97 Å². The Morgan fingerprint density at radius 2 is 1.31 bits per heavy atom. The molecule has 1 aliphatic heterocycles. The van der Waals surface area contributed by atoms with Crippen molar-refractivity contribution in [2.75, 3.05) is 11.5 Å². The van der Waals surface area contributed by atoms with Gasteiger partial charge in [-0.15, -0.1) is 0 Å². The Kier molecular flexibility index (Phi) is 9.02. The number of benzene rings is 2. The smallest absolute Gasteiger partial charge is 0.338 e. The van der Waals surface area contributed by atoms with Crippen LogP contribution in [-0.4, -0.2) is 24.4 Å². The first-order valence-corrected chi connectivity index (χ1v) is 11.9. The largest absolute Gasteiger partial charge is 0.462 e. The van der Waals surface area contributed by atoms with Crippen molar-refractivity contribution in [1.29, 1.82) is 0 Å². The standard InChI is InChI=1S/C27H33NO4/c1-2-3-4-5-6-7-8-9-10-13-19-32-27(31)21-15-14-16-22(20-21)28-25(29)23-17-11-12-18-24(23)26(28)30/h11-12,14-18,20H,2-10,13,19H2,1H3. The Balaban J connectivity index is 1.42. The summed E-state index contributed by atoms with van der Waals surface area (Å²) in [5.41, 5.74) is 1.48. The molecule has 1 heterocycles. The lowest BCUT2D eigenvalue weighted by molar-refractivity contribution is 0.0497. The summed E-state index contributed by atoms with van der Waals surface area (Å²) in [7, 11) is 0. The van der Waals surface area contributed by atoms with Crippen LogP contribution in [0.5, 0.6) is 0 Å². The van der Waals surface area contributed by atoms with E-state index in [1.54, 1.807) is 48.5 Å². The molecule has 170 valence electrons. The van der Waals surface area contributed by atoms with Gasteiger partial charge in [-0.1, -0.05) is 82.9 Å². The quantitative estimate of drug-likeness (QED) is 0.203. The van der Waals surface area contributed by atoms with Gasteiger partial charge in [0.25, 0.3) is 11.8 Å². The summed E-state index contributed by atoms with van der Waals surface area (Å²) in [5.74, 6) is -1.18. The van der Waals surface area contributed by atoms with E-state index in [2.05, 4.69) is 6.92 Å². The average Bonchev–Trinajstić information content (AvgIpc) is 3.07. The number of amides is 2. The number of imide groups is 1. The second-order valence-electron chi connectivity index (χ2n) is 8.36. The van der Waals surface area contributed by atoms with E-state index in [1.807, 2.05) is 0 Å². The van der Waals surface area contributed by atoms with E-state index in [4.69, 9.17) is 4.74 Å². The lowest BCUT2D eigenvalue weighted by Gasteiger charge is -2.14. The van der Waals surface area contributed by atoms with E-state index in [-0.39, 0.29) is 11.8 Å². The molecule has 1 aliphatic rings. The van der Waals surface area contributed by atoms with Crippen LogP contribution in [0.15, 0.2) is 48.5 Å². The van der Waals surface area contributed by atoms with E-state index in [1.165, 1.54) is 51.4 Å². The zero-order chi connectivity index (χ0) is 22.8. The topological polar surface area (TPSA) is 63.7 Å². The van der Waals surface area contributed by atoms with E-state index in [0.717, 1.165) is 17.7 Å². The molecule has 0 radical (unpaired) electrons. The molecule has 2 aromatic carbocycles. The number of carbonyl (C=O) groups is 3. The van der Waals surface area contributed by atoms with E-state index in [9.17, 15) is 14.4 Å². The molecule has 0 saturated heterocycles. The first-order chi connectivity index (χ1) is 15.6. The molecule has 0 unspecified atom stereocenters. The predicted octanol–water partition coefficient (Wildman–Crippen LogP) is 6.56. The maximum absolute atomic E-state index is 12.7. The van der Waals surface area contributed by atoms with Gasteiger partial charge in [-0.2, -0.15) is 0 Å². The van der Waals surface area contributed by atoms with Crippen molar-refractivity contribution in [3.8, 4) is 0 Å². The number of unbranched alkanes of at least 4 members (excludes halogenated alkanes) is 9. The molecule has 0 saturated carbocycles. The summed E-state index contributed by atoms with van der Waals surface area (Å²) in [4.78, 5) is 38.9. The number of fused-ring (bicyclic) bond motifs is 1. The third kappa shape index (κ3) is 6.06. The van der Waals surface area contributed by atoms with Gasteiger partial charge in [0, 0.05) is 0 Å². The molecule has 3 rings (SSSR count). The first kappa shape index (κ1) is 23.7. The highest BCUT2D eigenvalue weighted by molar-refractivity contribution is 6.34. The minimum Gasteiger partial charge on any atom is -0.462 e. The summed E-state index contributed by atoms with van der Waals surface area (Å²) >= 11 is 0. The van der Waals surface area contributed by atoms with E-state index in [0.29, 0.717) is 29.0 Å². The van der Waals surface area contributed by atoms with Gasteiger partial charge >= 0.3 is 5.97 Å². The number of hydrogen-bond donors (Lipinski definition) is 0. The van der Waals surface area contributed by atoms with Gasteiger partial charge in [0.1, 0.15) is 0 Å². The normalized spacial score (nSPS) is 12.8. The third-order valence-electron chi connectivity index (χ3n) is 5.87. The molecule has 0 N–H and O–H groups in total. The number of ether oxygens (including phenoxy) is 1. The minimum absolute atomic E-state index is 0.339. The molecular weight excluding hydrogens is 402 g/mol. The molecule has 5 nitrogen and oxygen atoms in total. The molecule has 0 atom stereocenters. The van der Waals surface area contributed by atoms with Crippen LogP contribution in [0.1, 0.15) is 102 Å². The Morgan fingerprint density at radius 1 is 0.750 bits per heavy atom. The average molecular weight is 436 g/mol. The summed E-state index contributed by atoms with van der Waals surface area (Å²) in [5, 5.41) is 0. The van der Waals surface area contributed by atoms with E-state index >= 15 is 0 Å². The van der Waals surface area contributed by atoms with Gasteiger partial charge in [-0.25, -0.2) is 9.69 Å². The third-order valence-corrected chi connectivity index (χ3v) is 5.87. The van der Waals surface area contributed by atoms with Crippen LogP contribution in [0, 0.1) is 0 Å². The molecule has 0 aromatic heterocycles. The number of nitrogens with zero attached hydrogens (tertiary/aromatic N) is 1. The summed E-state index contributed by atoms with van der Waals surface area (Å²) < 4.78 is 5.41. The van der Waals surface area contributed by atoms with Crippen molar-refractivity contribution in [3.05, 3.63) is 65.2 Å². The van der Waals surface area contributed by atoms with Crippen molar-refractivity contribution in [1.82, 2.24) is 0 Å². The second-order valence-corrected chi connectivity index (χ2v) is 8.36. The molecule has 0 bridgehead atoms. The highest BCUT2D eigenvalue weighted by atomic mass is 16.5. The SMILES string of the molecule is CCCCCCCCCCCCOC(=O)c1cccc(N2C(=O)c3ccccc3C2=O)c1. The highest BCUT2D eigenvalue weighted by Gasteiger charge is 2.36. The number of rotatable bonds is 13. The van der Waals surface area contributed by atoms with Crippen molar-refractivity contribution in [3.63, 3.8) is 0 Å². The predicted molar refractivity (Wildman–Crippen MR) is 126 cm³/mol. The molecule has 0 aliphatic carbocycles. The fourth-order valence-electron chi connectivity index (χ4n) is 4.03. The van der Waals surface area contributed by atoms with Gasteiger partial charge < -0.3 is 4.74 Å². The van der Waals surface area contributed by atoms with Crippen LogP contribution in [0.25, 0.3) is 0 Å². The van der Waals surface area contributed by atoms with Crippen molar-refractivity contribution in [2.24, 2.45) is 0 Å². The van der Waals surface area contributed by atoms with Crippen molar-refractivity contribution < 1.29 is 19.1 Å². The van der Waals surface area contributed by atoms with Crippen molar-refractivity contribution in [2.45, 2.75) is 71.1 Å². The number of esters is 1. The first-order valence-electron chi connectivity index (χ1n) is 11.9. The molecule has 0 spiro atoms. The van der Waals surface area contributed by atoms with Crippen LogP contribution < -0.4 is 4.90 Å². The summed E-state index contributed by atoms with van der Waals surface area (Å²) in [6, 6.07) is 13.2. The monoisotopic (exact) mass is 435 g/mol. The lowest BCUT2D eigenvalue weighted by atomic mass is 10.1. The van der Waals surface area contributed by atoms with Crippen LogP contribution in [0.2, 0.25) is 0 Å². The Labute approximate surface area is 190 Å². The molecular formula is C27H33NO4.